The Morgan fingerprint density at radius 2 is 1.78 bits per heavy atom. The molecule has 2 rings (SSSR count). The van der Waals surface area contributed by atoms with E-state index in [9.17, 15) is 9.59 Å². The van der Waals surface area contributed by atoms with Gasteiger partial charge < -0.3 is 0 Å². The molecule has 1 aromatic rings. The topological polar surface area (TPSA) is 37.4 Å². The van der Waals surface area contributed by atoms with Crippen molar-refractivity contribution in [1.82, 2.24) is 4.90 Å². The predicted octanol–water partition coefficient (Wildman–Crippen LogP) is 3.17. The Bertz CT molecular complexity index is 493. The minimum absolute atomic E-state index is 0.0303. The SMILES string of the molecule is CCCC(CC)N1C(=O)c2ccc(C)cc2C1=O. The Morgan fingerprint density at radius 3 is 2.39 bits per heavy atom. The van der Waals surface area contributed by atoms with Crippen LogP contribution in [0.3, 0.4) is 0 Å². The molecule has 1 unspecified atom stereocenters. The van der Waals surface area contributed by atoms with Crippen molar-refractivity contribution in [3.63, 3.8) is 0 Å². The average molecular weight is 245 g/mol. The Labute approximate surface area is 108 Å². The predicted molar refractivity (Wildman–Crippen MR) is 70.7 cm³/mol. The molecule has 0 saturated carbocycles. The molecule has 1 aromatic carbocycles. The third-order valence-corrected chi connectivity index (χ3v) is 3.53. The fourth-order valence-corrected chi connectivity index (χ4v) is 2.55. The largest absolute Gasteiger partial charge is 0.271 e. The second-order valence-corrected chi connectivity index (χ2v) is 4.88. The molecule has 0 aromatic heterocycles. The van der Waals surface area contributed by atoms with Crippen LogP contribution in [0.25, 0.3) is 0 Å². The van der Waals surface area contributed by atoms with Crippen LogP contribution in [0, 0.1) is 6.92 Å². The van der Waals surface area contributed by atoms with Crippen molar-refractivity contribution < 1.29 is 9.59 Å². The molecule has 0 bridgehead atoms. The molecule has 0 spiro atoms. The van der Waals surface area contributed by atoms with Crippen molar-refractivity contribution in [3.05, 3.63) is 34.9 Å². The van der Waals surface area contributed by atoms with E-state index in [1.54, 1.807) is 6.07 Å². The molecule has 0 fully saturated rings. The van der Waals surface area contributed by atoms with Crippen LogP contribution in [0.1, 0.15) is 59.4 Å². The molecule has 1 heterocycles. The summed E-state index contributed by atoms with van der Waals surface area (Å²) in [5, 5.41) is 0. The third kappa shape index (κ3) is 1.94. The van der Waals surface area contributed by atoms with Crippen LogP contribution in [-0.4, -0.2) is 22.8 Å². The molecule has 1 aliphatic heterocycles. The monoisotopic (exact) mass is 245 g/mol. The average Bonchev–Trinajstić information content (AvgIpc) is 2.59. The number of hydrogen-bond acceptors (Lipinski definition) is 2. The van der Waals surface area contributed by atoms with Crippen LogP contribution in [-0.2, 0) is 0 Å². The minimum atomic E-state index is -0.129. The van der Waals surface area contributed by atoms with Gasteiger partial charge in [0.2, 0.25) is 0 Å². The van der Waals surface area contributed by atoms with Crippen molar-refractivity contribution in [2.75, 3.05) is 0 Å². The first-order valence-corrected chi connectivity index (χ1v) is 6.58. The maximum Gasteiger partial charge on any atom is 0.261 e. The highest BCUT2D eigenvalue weighted by Crippen LogP contribution is 2.27. The zero-order valence-corrected chi connectivity index (χ0v) is 11.2. The van der Waals surface area contributed by atoms with Crippen molar-refractivity contribution in [1.29, 1.82) is 0 Å². The van der Waals surface area contributed by atoms with Crippen molar-refractivity contribution in [3.8, 4) is 0 Å². The molecule has 0 aliphatic carbocycles. The van der Waals surface area contributed by atoms with Crippen LogP contribution in [0.4, 0.5) is 0 Å². The second kappa shape index (κ2) is 4.92. The summed E-state index contributed by atoms with van der Waals surface area (Å²) in [5.41, 5.74) is 2.13. The van der Waals surface area contributed by atoms with Gasteiger partial charge in [0.1, 0.15) is 0 Å². The van der Waals surface area contributed by atoms with Crippen LogP contribution in [0.5, 0.6) is 0 Å². The second-order valence-electron chi connectivity index (χ2n) is 4.88. The number of hydrogen-bond donors (Lipinski definition) is 0. The molecule has 1 atom stereocenters. The quantitative estimate of drug-likeness (QED) is 0.764. The number of benzene rings is 1. The summed E-state index contributed by atoms with van der Waals surface area (Å²) >= 11 is 0. The molecule has 96 valence electrons. The van der Waals surface area contributed by atoms with E-state index < -0.39 is 0 Å². The van der Waals surface area contributed by atoms with Gasteiger partial charge in [0.15, 0.2) is 0 Å². The van der Waals surface area contributed by atoms with Gasteiger partial charge in [-0.1, -0.05) is 31.9 Å². The van der Waals surface area contributed by atoms with E-state index in [2.05, 4.69) is 6.92 Å². The smallest absolute Gasteiger partial charge is 0.261 e. The number of carbonyl (C=O) groups excluding carboxylic acids is 2. The summed E-state index contributed by atoms with van der Waals surface area (Å²) in [6.45, 7) is 6.03. The lowest BCUT2D eigenvalue weighted by Gasteiger charge is -2.24. The maximum atomic E-state index is 12.3. The van der Waals surface area contributed by atoms with Gasteiger partial charge in [0.05, 0.1) is 11.1 Å². The number of nitrogens with zero attached hydrogens (tertiary/aromatic N) is 1. The number of carbonyl (C=O) groups is 2. The summed E-state index contributed by atoms with van der Waals surface area (Å²) in [6, 6.07) is 5.49. The summed E-state index contributed by atoms with van der Waals surface area (Å²) in [5.74, 6) is -0.255. The summed E-state index contributed by atoms with van der Waals surface area (Å²) in [4.78, 5) is 26.1. The molecule has 3 heteroatoms. The lowest BCUT2D eigenvalue weighted by Crippen LogP contribution is -2.39. The Kier molecular flexibility index (Phi) is 3.50. The van der Waals surface area contributed by atoms with Crippen molar-refractivity contribution >= 4 is 11.8 Å². The minimum Gasteiger partial charge on any atom is -0.271 e. The van der Waals surface area contributed by atoms with E-state index in [-0.39, 0.29) is 17.9 Å². The summed E-state index contributed by atoms with van der Waals surface area (Å²) in [6.07, 6.45) is 2.67. The number of aryl methyl sites for hydroxylation is 1. The molecule has 0 saturated heterocycles. The fraction of sp³-hybridized carbons (Fsp3) is 0.467. The maximum absolute atomic E-state index is 12.3. The highest BCUT2D eigenvalue weighted by molar-refractivity contribution is 6.21. The first-order valence-electron chi connectivity index (χ1n) is 6.58. The molecule has 3 nitrogen and oxygen atoms in total. The van der Waals surface area contributed by atoms with Crippen LogP contribution < -0.4 is 0 Å². The molecule has 1 aliphatic rings. The molecule has 0 N–H and O–H groups in total. The van der Waals surface area contributed by atoms with E-state index in [1.165, 1.54) is 4.90 Å². The standard InChI is InChI=1S/C15H19NO2/c1-4-6-11(5-2)16-14(17)12-8-7-10(3)9-13(12)15(16)18/h7-9,11H,4-6H2,1-3H3. The van der Waals surface area contributed by atoms with Crippen molar-refractivity contribution in [2.24, 2.45) is 0 Å². The highest BCUT2D eigenvalue weighted by atomic mass is 16.2. The number of fused-ring (bicyclic) bond motifs is 1. The normalized spacial score (nSPS) is 16.1. The van der Waals surface area contributed by atoms with Gasteiger partial charge in [0.25, 0.3) is 11.8 Å². The van der Waals surface area contributed by atoms with Gasteiger partial charge in [-0.25, -0.2) is 0 Å². The van der Waals surface area contributed by atoms with Gasteiger partial charge in [-0.15, -0.1) is 0 Å². The Balaban J connectivity index is 2.38. The van der Waals surface area contributed by atoms with Gasteiger partial charge in [-0.05, 0) is 31.9 Å². The van der Waals surface area contributed by atoms with E-state index >= 15 is 0 Å². The first-order chi connectivity index (χ1) is 8.60. The third-order valence-electron chi connectivity index (χ3n) is 3.53. The molecule has 18 heavy (non-hydrogen) atoms. The summed E-state index contributed by atoms with van der Waals surface area (Å²) < 4.78 is 0. The van der Waals surface area contributed by atoms with E-state index in [1.807, 2.05) is 26.0 Å². The summed E-state index contributed by atoms with van der Waals surface area (Å²) in [7, 11) is 0. The van der Waals surface area contributed by atoms with Gasteiger partial charge in [-0.2, -0.15) is 0 Å². The van der Waals surface area contributed by atoms with Gasteiger partial charge in [0, 0.05) is 6.04 Å². The van der Waals surface area contributed by atoms with Crippen LogP contribution in [0.15, 0.2) is 18.2 Å². The lowest BCUT2D eigenvalue weighted by molar-refractivity contribution is 0.0571. The first kappa shape index (κ1) is 12.8. The van der Waals surface area contributed by atoms with Crippen molar-refractivity contribution in [2.45, 2.75) is 46.1 Å². The van der Waals surface area contributed by atoms with E-state index in [0.29, 0.717) is 11.1 Å². The molecule has 2 amide bonds. The number of amides is 2. The molecule has 0 radical (unpaired) electrons. The van der Waals surface area contributed by atoms with Gasteiger partial charge >= 0.3 is 0 Å². The van der Waals surface area contributed by atoms with Gasteiger partial charge in [-0.3, -0.25) is 14.5 Å². The van der Waals surface area contributed by atoms with Crippen LogP contribution in [0.2, 0.25) is 0 Å². The Hall–Kier alpha value is -1.64. The lowest BCUT2D eigenvalue weighted by atomic mass is 10.1. The number of imide groups is 1. The van der Waals surface area contributed by atoms with E-state index in [0.717, 1.165) is 24.8 Å². The highest BCUT2D eigenvalue weighted by Gasteiger charge is 2.38. The zero-order valence-electron chi connectivity index (χ0n) is 11.2. The van der Waals surface area contributed by atoms with E-state index in [4.69, 9.17) is 0 Å². The fourth-order valence-electron chi connectivity index (χ4n) is 2.55. The Morgan fingerprint density at radius 1 is 1.11 bits per heavy atom. The number of rotatable bonds is 4. The zero-order chi connectivity index (χ0) is 13.3. The molecular formula is C15H19NO2. The van der Waals surface area contributed by atoms with Crippen LogP contribution >= 0.6 is 0 Å². The molecular weight excluding hydrogens is 226 g/mol.